The van der Waals surface area contributed by atoms with Crippen LogP contribution in [0.2, 0.25) is 0 Å². The first-order chi connectivity index (χ1) is 13.9. The first kappa shape index (κ1) is 21.4. The van der Waals surface area contributed by atoms with Crippen LogP contribution in [-0.4, -0.2) is 42.5 Å². The van der Waals surface area contributed by atoms with E-state index in [2.05, 4.69) is 10.1 Å². The second-order valence-corrected chi connectivity index (χ2v) is 7.59. The zero-order chi connectivity index (χ0) is 21.0. The fourth-order valence-corrected chi connectivity index (χ4v) is 3.94. The smallest absolute Gasteiger partial charge is 0.258 e. The first-order valence-electron chi connectivity index (χ1n) is 9.90. The number of amides is 2. The minimum absolute atomic E-state index is 0.0694. The van der Waals surface area contributed by atoms with Gasteiger partial charge >= 0.3 is 0 Å². The van der Waals surface area contributed by atoms with E-state index in [1.54, 1.807) is 0 Å². The number of nitrogens with one attached hydrogen (secondary N) is 1. The third-order valence-corrected chi connectivity index (χ3v) is 5.55. The fraction of sp³-hybridized carbons (Fsp3) is 0.600. The summed E-state index contributed by atoms with van der Waals surface area (Å²) in [5.41, 5.74) is 0. The van der Waals surface area contributed by atoms with Gasteiger partial charge in [-0.2, -0.15) is 8.78 Å². The van der Waals surface area contributed by atoms with Crippen molar-refractivity contribution in [1.82, 2.24) is 10.2 Å². The molecule has 0 atom stereocenters. The van der Waals surface area contributed by atoms with Crippen LogP contribution in [0.1, 0.15) is 44.9 Å². The maximum absolute atomic E-state index is 13.5. The molecule has 29 heavy (non-hydrogen) atoms. The van der Waals surface area contributed by atoms with E-state index >= 15 is 0 Å². The maximum Gasteiger partial charge on any atom is 0.258 e. The molecule has 1 saturated carbocycles. The Morgan fingerprint density at radius 3 is 2.14 bits per heavy atom. The molecular weight excluding hydrogens is 392 g/mol. The van der Waals surface area contributed by atoms with E-state index in [1.807, 2.05) is 4.90 Å². The molecule has 9 heteroatoms. The van der Waals surface area contributed by atoms with Crippen LogP contribution < -0.4 is 10.1 Å². The lowest BCUT2D eigenvalue weighted by molar-refractivity contribution is -0.137. The zero-order valence-corrected chi connectivity index (χ0v) is 16.0. The number of halogens is 4. The molecular formula is C20H24F4N2O3. The summed E-state index contributed by atoms with van der Waals surface area (Å²) >= 11 is 0. The number of likely N-dealkylation sites (tertiary alicyclic amines) is 1. The van der Waals surface area contributed by atoms with Crippen LogP contribution in [0.5, 0.6) is 5.75 Å². The SMILES string of the molecule is O=C(COc1c(F)c(F)cc(F)c1F)NC1CCN(C(=O)C2CCCCC2)CC1. The Labute approximate surface area is 166 Å². The predicted molar refractivity (Wildman–Crippen MR) is 96.1 cm³/mol. The molecule has 1 aromatic rings. The zero-order valence-electron chi connectivity index (χ0n) is 16.0. The second kappa shape index (κ2) is 9.45. The lowest BCUT2D eigenvalue weighted by atomic mass is 9.87. The minimum atomic E-state index is -1.69. The van der Waals surface area contributed by atoms with Crippen molar-refractivity contribution >= 4 is 11.8 Å². The molecule has 0 unspecified atom stereocenters. The van der Waals surface area contributed by atoms with E-state index in [4.69, 9.17) is 0 Å². The van der Waals surface area contributed by atoms with Gasteiger partial charge in [-0.05, 0) is 25.7 Å². The van der Waals surface area contributed by atoms with Crippen LogP contribution in [0.15, 0.2) is 6.07 Å². The Kier molecular flexibility index (Phi) is 6.97. The average Bonchev–Trinajstić information content (AvgIpc) is 2.73. The molecule has 1 aliphatic carbocycles. The van der Waals surface area contributed by atoms with Crippen molar-refractivity contribution in [2.75, 3.05) is 19.7 Å². The summed E-state index contributed by atoms with van der Waals surface area (Å²) in [4.78, 5) is 26.4. The van der Waals surface area contributed by atoms with Gasteiger partial charge in [0.1, 0.15) is 0 Å². The van der Waals surface area contributed by atoms with E-state index in [0.29, 0.717) is 25.9 Å². The fourth-order valence-electron chi connectivity index (χ4n) is 3.94. The molecule has 1 saturated heterocycles. The highest BCUT2D eigenvalue weighted by Gasteiger charge is 2.29. The lowest BCUT2D eigenvalue weighted by Crippen LogP contribution is -2.49. The number of hydrogen-bond donors (Lipinski definition) is 1. The second-order valence-electron chi connectivity index (χ2n) is 7.59. The summed E-state index contributed by atoms with van der Waals surface area (Å²) < 4.78 is 58.1. The molecule has 0 spiro atoms. The molecule has 160 valence electrons. The largest absolute Gasteiger partial charge is 0.477 e. The molecule has 5 nitrogen and oxygen atoms in total. The standard InChI is InChI=1S/C20H24F4N2O3/c21-14-10-15(22)18(24)19(17(14)23)29-11-16(27)25-13-6-8-26(9-7-13)20(28)12-4-2-1-3-5-12/h10,12-13H,1-9,11H2,(H,25,27). The van der Waals surface area contributed by atoms with E-state index in [0.717, 1.165) is 25.7 Å². The summed E-state index contributed by atoms with van der Waals surface area (Å²) in [6.45, 7) is 0.275. The molecule has 2 fully saturated rings. The van der Waals surface area contributed by atoms with Crippen LogP contribution >= 0.6 is 0 Å². The summed E-state index contributed by atoms with van der Waals surface area (Å²) in [5.74, 6) is -8.23. The van der Waals surface area contributed by atoms with Crippen molar-refractivity contribution < 1.29 is 31.9 Å². The first-order valence-corrected chi connectivity index (χ1v) is 9.90. The van der Waals surface area contributed by atoms with Crippen molar-refractivity contribution in [3.63, 3.8) is 0 Å². The van der Waals surface area contributed by atoms with Crippen molar-refractivity contribution in [1.29, 1.82) is 0 Å². The van der Waals surface area contributed by atoms with Crippen LogP contribution in [0.25, 0.3) is 0 Å². The molecule has 1 heterocycles. The van der Waals surface area contributed by atoms with Gasteiger partial charge in [-0.3, -0.25) is 9.59 Å². The van der Waals surface area contributed by atoms with Gasteiger partial charge in [0.05, 0.1) is 0 Å². The van der Waals surface area contributed by atoms with Crippen LogP contribution in [0.4, 0.5) is 17.6 Å². The Morgan fingerprint density at radius 1 is 0.966 bits per heavy atom. The minimum Gasteiger partial charge on any atom is -0.477 e. The van der Waals surface area contributed by atoms with Gasteiger partial charge in [0.25, 0.3) is 5.91 Å². The normalized spacial score (nSPS) is 18.6. The predicted octanol–water partition coefficient (Wildman–Crippen LogP) is 3.31. The summed E-state index contributed by atoms with van der Waals surface area (Å²) in [5, 5.41) is 2.66. The lowest BCUT2D eigenvalue weighted by Gasteiger charge is -2.35. The summed E-state index contributed by atoms with van der Waals surface area (Å²) in [7, 11) is 0. The Bertz CT molecular complexity index is 734. The molecule has 2 aliphatic rings. The summed E-state index contributed by atoms with van der Waals surface area (Å²) in [6, 6.07) is -0.138. The van der Waals surface area contributed by atoms with E-state index in [9.17, 15) is 27.2 Å². The number of carbonyl (C=O) groups is 2. The molecule has 0 radical (unpaired) electrons. The molecule has 1 aromatic carbocycles. The maximum atomic E-state index is 13.5. The third kappa shape index (κ3) is 5.19. The topological polar surface area (TPSA) is 58.6 Å². The monoisotopic (exact) mass is 416 g/mol. The highest BCUT2D eigenvalue weighted by Crippen LogP contribution is 2.27. The van der Waals surface area contributed by atoms with Crippen LogP contribution in [0, 0.1) is 29.2 Å². The van der Waals surface area contributed by atoms with Gasteiger partial charge in [0.2, 0.25) is 17.5 Å². The van der Waals surface area contributed by atoms with Crippen molar-refractivity contribution in [3.05, 3.63) is 29.3 Å². The van der Waals surface area contributed by atoms with Gasteiger partial charge in [-0.25, -0.2) is 8.78 Å². The number of ether oxygens (including phenoxy) is 1. The molecule has 1 N–H and O–H groups in total. The van der Waals surface area contributed by atoms with E-state index in [1.165, 1.54) is 6.42 Å². The van der Waals surface area contributed by atoms with Gasteiger partial charge in [-0.1, -0.05) is 19.3 Å². The Hall–Kier alpha value is -2.32. The van der Waals surface area contributed by atoms with Crippen molar-refractivity contribution in [2.45, 2.75) is 51.0 Å². The third-order valence-electron chi connectivity index (χ3n) is 5.55. The number of piperidine rings is 1. The van der Waals surface area contributed by atoms with E-state index in [-0.39, 0.29) is 23.9 Å². The molecule has 0 aromatic heterocycles. The van der Waals surface area contributed by atoms with Gasteiger partial charge in [0.15, 0.2) is 24.0 Å². The number of hydrogen-bond acceptors (Lipinski definition) is 3. The summed E-state index contributed by atoms with van der Waals surface area (Å²) in [6.07, 6.45) is 6.32. The van der Waals surface area contributed by atoms with Gasteiger partial charge in [0, 0.05) is 31.1 Å². The highest BCUT2D eigenvalue weighted by atomic mass is 19.2. The number of rotatable bonds is 5. The molecule has 1 aliphatic heterocycles. The Balaban J connectivity index is 1.45. The van der Waals surface area contributed by atoms with Crippen LogP contribution in [-0.2, 0) is 9.59 Å². The van der Waals surface area contributed by atoms with Gasteiger partial charge < -0.3 is 15.0 Å². The van der Waals surface area contributed by atoms with Gasteiger partial charge in [-0.15, -0.1) is 0 Å². The van der Waals surface area contributed by atoms with Crippen molar-refractivity contribution in [2.24, 2.45) is 5.92 Å². The number of carbonyl (C=O) groups excluding carboxylic acids is 2. The number of benzene rings is 1. The Morgan fingerprint density at radius 2 is 1.55 bits per heavy atom. The molecule has 2 amide bonds. The van der Waals surface area contributed by atoms with Crippen molar-refractivity contribution in [3.8, 4) is 5.75 Å². The molecule has 0 bridgehead atoms. The average molecular weight is 416 g/mol. The molecule has 3 rings (SSSR count). The highest BCUT2D eigenvalue weighted by molar-refractivity contribution is 5.79. The quantitative estimate of drug-likeness (QED) is 0.592. The van der Waals surface area contributed by atoms with E-state index < -0.39 is 41.5 Å². The number of nitrogens with zero attached hydrogens (tertiary/aromatic N) is 1. The van der Waals surface area contributed by atoms with Crippen LogP contribution in [0.3, 0.4) is 0 Å².